The van der Waals surface area contributed by atoms with Crippen molar-refractivity contribution in [3.8, 4) is 5.75 Å². The molecule has 0 radical (unpaired) electrons. The van der Waals surface area contributed by atoms with Gasteiger partial charge in [-0.15, -0.1) is 0 Å². The Balaban J connectivity index is 1.94. The van der Waals surface area contributed by atoms with Gasteiger partial charge in [0.15, 0.2) is 0 Å². The van der Waals surface area contributed by atoms with Crippen LogP contribution in [0.4, 0.5) is 0 Å². The van der Waals surface area contributed by atoms with E-state index in [4.69, 9.17) is 4.74 Å². The zero-order chi connectivity index (χ0) is 12.8. The van der Waals surface area contributed by atoms with E-state index in [1.54, 1.807) is 0 Å². The number of aliphatic hydroxyl groups excluding tert-OH is 1. The molecular weight excluding hydrogens is 294 g/mol. The van der Waals surface area contributed by atoms with Crippen molar-refractivity contribution >= 4 is 15.9 Å². The average Bonchev–Trinajstić information content (AvgIpc) is 2.27. The van der Waals surface area contributed by atoms with Crippen LogP contribution in [-0.4, -0.2) is 35.7 Å². The fourth-order valence-corrected chi connectivity index (χ4v) is 3.52. The van der Waals surface area contributed by atoms with Crippen LogP contribution in [0.2, 0.25) is 0 Å². The number of hydrogen-bond acceptors (Lipinski definition) is 3. The maximum Gasteiger partial charge on any atom is 0.127 e. The topological polar surface area (TPSA) is 32.7 Å². The third-order valence-corrected chi connectivity index (χ3v) is 4.45. The van der Waals surface area contributed by atoms with Crippen LogP contribution in [0.5, 0.6) is 5.75 Å². The van der Waals surface area contributed by atoms with Gasteiger partial charge in [-0.3, -0.25) is 0 Å². The number of ether oxygens (including phenoxy) is 1. The first-order valence-electron chi connectivity index (χ1n) is 6.43. The molecule has 18 heavy (non-hydrogen) atoms. The number of piperidine rings is 1. The van der Waals surface area contributed by atoms with Crippen LogP contribution < -0.4 is 4.74 Å². The number of aliphatic hydroxyl groups is 1. The van der Waals surface area contributed by atoms with Crippen LogP contribution in [0.1, 0.15) is 30.9 Å². The van der Waals surface area contributed by atoms with Crippen LogP contribution in [0.15, 0.2) is 22.7 Å². The Morgan fingerprint density at radius 1 is 1.50 bits per heavy atom. The van der Waals surface area contributed by atoms with Gasteiger partial charge in [0.2, 0.25) is 0 Å². The number of nitrogens with zero attached hydrogens (tertiary/aromatic N) is 1. The molecule has 0 saturated carbocycles. The molecule has 3 rings (SSSR count). The highest BCUT2D eigenvalue weighted by Gasteiger charge is 2.42. The van der Waals surface area contributed by atoms with Gasteiger partial charge in [-0.2, -0.15) is 0 Å². The Morgan fingerprint density at radius 3 is 3.11 bits per heavy atom. The van der Waals surface area contributed by atoms with Gasteiger partial charge in [0.05, 0.1) is 6.10 Å². The molecule has 2 heterocycles. The Hall–Kier alpha value is -0.580. The summed E-state index contributed by atoms with van der Waals surface area (Å²) in [5.74, 6) is 0.832. The van der Waals surface area contributed by atoms with Crippen LogP contribution in [-0.2, 0) is 0 Å². The van der Waals surface area contributed by atoms with Crippen molar-refractivity contribution in [3.05, 3.63) is 28.2 Å². The molecule has 0 bridgehead atoms. The molecule has 3 nitrogen and oxygen atoms in total. The van der Waals surface area contributed by atoms with E-state index in [1.165, 1.54) is 0 Å². The molecule has 1 spiro atoms. The van der Waals surface area contributed by atoms with Gasteiger partial charge >= 0.3 is 0 Å². The monoisotopic (exact) mass is 311 g/mol. The molecule has 2 atom stereocenters. The minimum absolute atomic E-state index is 0.208. The molecule has 1 saturated heterocycles. The van der Waals surface area contributed by atoms with Gasteiger partial charge in [-0.1, -0.05) is 22.0 Å². The fraction of sp³-hybridized carbons (Fsp3) is 0.571. The highest BCUT2D eigenvalue weighted by molar-refractivity contribution is 9.10. The Kier molecular flexibility index (Phi) is 3.12. The summed E-state index contributed by atoms with van der Waals surface area (Å²) in [6.45, 7) is 2.02. The normalized spacial score (nSPS) is 32.1. The maximum atomic E-state index is 10.3. The van der Waals surface area contributed by atoms with E-state index in [0.29, 0.717) is 6.42 Å². The lowest BCUT2D eigenvalue weighted by Crippen LogP contribution is -2.52. The number of fused-ring (bicyclic) bond motifs is 1. The largest absolute Gasteiger partial charge is 0.485 e. The molecule has 2 aliphatic heterocycles. The Labute approximate surface area is 116 Å². The highest BCUT2D eigenvalue weighted by atomic mass is 79.9. The molecule has 1 unspecified atom stereocenters. The lowest BCUT2D eigenvalue weighted by molar-refractivity contribution is -0.0554. The zero-order valence-corrected chi connectivity index (χ0v) is 12.1. The molecule has 1 fully saturated rings. The van der Waals surface area contributed by atoms with Crippen LogP contribution in [0, 0.1) is 0 Å². The van der Waals surface area contributed by atoms with Gasteiger partial charge in [0.25, 0.3) is 0 Å². The lowest BCUT2D eigenvalue weighted by atomic mass is 9.83. The van der Waals surface area contributed by atoms with Gasteiger partial charge in [-0.05, 0) is 38.6 Å². The van der Waals surface area contributed by atoms with Crippen molar-refractivity contribution in [2.24, 2.45) is 0 Å². The minimum Gasteiger partial charge on any atom is -0.485 e. The molecule has 0 aromatic heterocycles. The number of likely N-dealkylation sites (tertiary alicyclic amines) is 1. The number of rotatable bonds is 0. The van der Waals surface area contributed by atoms with Crippen molar-refractivity contribution in [3.63, 3.8) is 0 Å². The van der Waals surface area contributed by atoms with E-state index in [1.807, 2.05) is 18.2 Å². The predicted molar refractivity (Wildman–Crippen MR) is 73.8 cm³/mol. The predicted octanol–water partition coefficient (Wildman–Crippen LogP) is 2.73. The molecule has 0 amide bonds. The fourth-order valence-electron chi connectivity index (χ4n) is 3.18. The number of likely N-dealkylation sites (N-methyl/N-ethyl adjacent to an activating group) is 1. The summed E-state index contributed by atoms with van der Waals surface area (Å²) in [6, 6.07) is 5.87. The molecule has 98 valence electrons. The molecule has 1 N–H and O–H groups in total. The van der Waals surface area contributed by atoms with Gasteiger partial charge in [0.1, 0.15) is 11.4 Å². The highest BCUT2D eigenvalue weighted by Crippen LogP contribution is 2.44. The molecule has 0 aliphatic carbocycles. The summed E-state index contributed by atoms with van der Waals surface area (Å²) in [5.41, 5.74) is 0.706. The van der Waals surface area contributed by atoms with Crippen molar-refractivity contribution in [2.45, 2.75) is 31.0 Å². The van der Waals surface area contributed by atoms with E-state index in [0.717, 1.165) is 41.7 Å². The number of halogens is 1. The SMILES string of the molecule is CN1CCCC2(C[C@H](O)c3ccc(Br)cc3O2)C1. The van der Waals surface area contributed by atoms with Crippen molar-refractivity contribution in [1.82, 2.24) is 4.90 Å². The number of benzene rings is 1. The number of hydrogen-bond donors (Lipinski definition) is 1. The van der Waals surface area contributed by atoms with E-state index in [-0.39, 0.29) is 5.60 Å². The standard InChI is InChI=1S/C14H18BrNO2/c1-16-6-2-5-14(9-16)8-12(17)11-4-3-10(15)7-13(11)18-14/h3-4,7,12,17H,2,5-6,8-9H2,1H3/t12-,14?/m0/s1. The second-order valence-electron chi connectivity index (χ2n) is 5.53. The van der Waals surface area contributed by atoms with Crippen molar-refractivity contribution in [1.29, 1.82) is 0 Å². The molecule has 1 aromatic carbocycles. The minimum atomic E-state index is -0.409. The first-order chi connectivity index (χ1) is 8.58. The van der Waals surface area contributed by atoms with Crippen LogP contribution >= 0.6 is 15.9 Å². The summed E-state index contributed by atoms with van der Waals surface area (Å²) in [5, 5.41) is 10.3. The average molecular weight is 312 g/mol. The van der Waals surface area contributed by atoms with Crippen LogP contribution in [0.25, 0.3) is 0 Å². The van der Waals surface area contributed by atoms with Crippen molar-refractivity contribution < 1.29 is 9.84 Å². The van der Waals surface area contributed by atoms with Gasteiger partial charge in [0, 0.05) is 23.0 Å². The second kappa shape index (κ2) is 4.51. The molecular formula is C14H18BrNO2. The van der Waals surface area contributed by atoms with Crippen molar-refractivity contribution in [2.75, 3.05) is 20.1 Å². The van der Waals surface area contributed by atoms with Crippen LogP contribution in [0.3, 0.4) is 0 Å². The summed E-state index contributed by atoms with van der Waals surface area (Å²) >= 11 is 3.46. The first-order valence-corrected chi connectivity index (χ1v) is 7.22. The third-order valence-electron chi connectivity index (χ3n) is 3.96. The quantitative estimate of drug-likeness (QED) is 0.799. The smallest absolute Gasteiger partial charge is 0.127 e. The van der Waals surface area contributed by atoms with E-state index >= 15 is 0 Å². The summed E-state index contributed by atoms with van der Waals surface area (Å²) < 4.78 is 7.25. The maximum absolute atomic E-state index is 10.3. The summed E-state index contributed by atoms with van der Waals surface area (Å²) in [6.07, 6.45) is 2.45. The first kappa shape index (κ1) is 12.5. The van der Waals surface area contributed by atoms with E-state index < -0.39 is 6.10 Å². The zero-order valence-electron chi connectivity index (χ0n) is 10.5. The Morgan fingerprint density at radius 2 is 2.33 bits per heavy atom. The van der Waals surface area contributed by atoms with E-state index in [2.05, 4.69) is 27.9 Å². The summed E-state index contributed by atoms with van der Waals surface area (Å²) in [7, 11) is 2.12. The van der Waals surface area contributed by atoms with E-state index in [9.17, 15) is 5.11 Å². The molecule has 4 heteroatoms. The molecule has 1 aromatic rings. The third kappa shape index (κ3) is 2.17. The molecule has 2 aliphatic rings. The van der Waals surface area contributed by atoms with Gasteiger partial charge in [-0.25, -0.2) is 0 Å². The van der Waals surface area contributed by atoms with Gasteiger partial charge < -0.3 is 14.7 Å². The Bertz CT molecular complexity index is 465. The summed E-state index contributed by atoms with van der Waals surface area (Å²) in [4.78, 5) is 2.29. The lowest BCUT2D eigenvalue weighted by Gasteiger charge is -2.45. The second-order valence-corrected chi connectivity index (χ2v) is 6.44.